The van der Waals surface area contributed by atoms with Gasteiger partial charge in [0.15, 0.2) is 0 Å². The third-order valence-corrected chi connectivity index (χ3v) is 3.26. The van der Waals surface area contributed by atoms with E-state index in [0.29, 0.717) is 23.0 Å². The second kappa shape index (κ2) is 5.96. The highest BCUT2D eigenvalue weighted by molar-refractivity contribution is 5.95. The molecule has 1 amide bonds. The molecule has 0 saturated heterocycles. The average molecular weight is 271 g/mol. The van der Waals surface area contributed by atoms with Gasteiger partial charge in [-0.05, 0) is 30.9 Å². The molecule has 4 nitrogen and oxygen atoms in total. The van der Waals surface area contributed by atoms with Crippen LogP contribution in [-0.2, 0) is 4.79 Å². The van der Waals surface area contributed by atoms with Crippen LogP contribution in [0.2, 0.25) is 0 Å². The summed E-state index contributed by atoms with van der Waals surface area (Å²) in [6.45, 7) is 1.96. The van der Waals surface area contributed by atoms with Crippen molar-refractivity contribution in [2.24, 2.45) is 11.8 Å². The van der Waals surface area contributed by atoms with Crippen LogP contribution >= 0.6 is 12.4 Å². The Morgan fingerprint density at radius 2 is 2.17 bits per heavy atom. The number of nitrogens with one attached hydrogen (secondary N) is 1. The molecule has 1 atom stereocenters. The Morgan fingerprint density at radius 3 is 2.72 bits per heavy atom. The second-order valence-corrected chi connectivity index (χ2v) is 4.57. The van der Waals surface area contributed by atoms with Crippen molar-refractivity contribution in [3.8, 4) is 5.75 Å². The summed E-state index contributed by atoms with van der Waals surface area (Å²) in [5, 5.41) is 2.86. The zero-order chi connectivity index (χ0) is 12.4. The Hall–Kier alpha value is -1.42. The number of methoxy groups -OCH3 is 1. The van der Waals surface area contributed by atoms with Crippen molar-refractivity contribution in [1.29, 1.82) is 0 Å². The quantitative estimate of drug-likeness (QED) is 0.827. The maximum absolute atomic E-state index is 11.9. The van der Waals surface area contributed by atoms with Crippen LogP contribution in [0.4, 0.5) is 11.4 Å². The average Bonchev–Trinajstić information content (AvgIpc) is 3.15. The highest BCUT2D eigenvalue weighted by atomic mass is 35.5. The lowest BCUT2D eigenvalue weighted by atomic mass is 10.1. The monoisotopic (exact) mass is 270 g/mol. The molecule has 2 rings (SSSR count). The minimum absolute atomic E-state index is 0. The van der Waals surface area contributed by atoms with E-state index in [2.05, 4.69) is 5.32 Å². The fraction of sp³-hybridized carbons (Fsp3) is 0.462. The molecule has 0 aromatic heterocycles. The van der Waals surface area contributed by atoms with Crippen LogP contribution in [0.1, 0.15) is 19.8 Å². The third-order valence-electron chi connectivity index (χ3n) is 3.26. The summed E-state index contributed by atoms with van der Waals surface area (Å²) in [5.41, 5.74) is 7.00. The molecule has 5 heteroatoms. The highest BCUT2D eigenvalue weighted by Gasteiger charge is 2.32. The van der Waals surface area contributed by atoms with Crippen LogP contribution in [0, 0.1) is 11.8 Å². The molecule has 3 N–H and O–H groups in total. The topological polar surface area (TPSA) is 64.3 Å². The molecule has 100 valence electrons. The van der Waals surface area contributed by atoms with Crippen LogP contribution in [0.25, 0.3) is 0 Å². The Labute approximate surface area is 113 Å². The lowest BCUT2D eigenvalue weighted by Crippen LogP contribution is -2.22. The number of rotatable bonds is 4. The first-order chi connectivity index (χ1) is 8.11. The normalized spacial score (nSPS) is 15.4. The SMILES string of the molecule is COc1ccc(N)c(NC(=O)C(C)C2CC2)c1.Cl. The van der Waals surface area contributed by atoms with Gasteiger partial charge >= 0.3 is 0 Å². The van der Waals surface area contributed by atoms with E-state index >= 15 is 0 Å². The lowest BCUT2D eigenvalue weighted by Gasteiger charge is -2.13. The molecule has 0 radical (unpaired) electrons. The zero-order valence-corrected chi connectivity index (χ0v) is 11.4. The van der Waals surface area contributed by atoms with Crippen molar-refractivity contribution < 1.29 is 9.53 Å². The number of nitrogen functional groups attached to an aromatic ring is 1. The predicted octanol–water partition coefficient (Wildman–Crippen LogP) is 2.68. The Bertz CT molecular complexity index is 433. The van der Waals surface area contributed by atoms with Crippen LogP contribution in [-0.4, -0.2) is 13.0 Å². The van der Waals surface area contributed by atoms with E-state index in [-0.39, 0.29) is 24.2 Å². The van der Waals surface area contributed by atoms with Crippen LogP contribution < -0.4 is 15.8 Å². The number of halogens is 1. The Balaban J connectivity index is 0.00000162. The number of carbonyl (C=O) groups excluding carboxylic acids is 1. The molecule has 1 aromatic rings. The molecule has 0 aliphatic heterocycles. The maximum atomic E-state index is 11.9. The number of carbonyl (C=O) groups is 1. The van der Waals surface area contributed by atoms with Gasteiger partial charge in [0, 0.05) is 12.0 Å². The Kier molecular flexibility index (Phi) is 4.84. The Morgan fingerprint density at radius 1 is 1.50 bits per heavy atom. The van der Waals surface area contributed by atoms with E-state index in [1.54, 1.807) is 25.3 Å². The predicted molar refractivity (Wildman–Crippen MR) is 75.2 cm³/mol. The minimum Gasteiger partial charge on any atom is -0.497 e. The number of ether oxygens (including phenoxy) is 1. The van der Waals surface area contributed by atoms with Crippen molar-refractivity contribution in [3.63, 3.8) is 0 Å². The van der Waals surface area contributed by atoms with Gasteiger partial charge in [0.1, 0.15) is 5.75 Å². The van der Waals surface area contributed by atoms with Crippen molar-refractivity contribution in [1.82, 2.24) is 0 Å². The van der Waals surface area contributed by atoms with Crippen molar-refractivity contribution in [3.05, 3.63) is 18.2 Å². The summed E-state index contributed by atoms with van der Waals surface area (Å²) in [5.74, 6) is 1.32. The molecule has 1 fully saturated rings. The first-order valence-electron chi connectivity index (χ1n) is 5.86. The van der Waals surface area contributed by atoms with E-state index in [0.717, 1.165) is 12.8 Å². The molecule has 0 bridgehead atoms. The fourth-order valence-corrected chi connectivity index (χ4v) is 1.83. The molecule has 1 unspecified atom stereocenters. The van der Waals surface area contributed by atoms with Crippen molar-refractivity contribution >= 4 is 29.7 Å². The smallest absolute Gasteiger partial charge is 0.227 e. The summed E-state index contributed by atoms with van der Waals surface area (Å²) < 4.78 is 5.10. The molecule has 0 spiro atoms. The second-order valence-electron chi connectivity index (χ2n) is 4.57. The van der Waals surface area contributed by atoms with Crippen LogP contribution in [0.15, 0.2) is 18.2 Å². The highest BCUT2D eigenvalue weighted by Crippen LogP contribution is 2.37. The number of amides is 1. The standard InChI is InChI=1S/C13H18N2O2.ClH/c1-8(9-3-4-9)13(16)15-12-7-10(17-2)5-6-11(12)14;/h5-9H,3-4,14H2,1-2H3,(H,15,16);1H. The zero-order valence-electron chi connectivity index (χ0n) is 10.6. The fourth-order valence-electron chi connectivity index (χ4n) is 1.83. The molecular weight excluding hydrogens is 252 g/mol. The summed E-state index contributed by atoms with van der Waals surface area (Å²) in [7, 11) is 1.59. The van der Waals surface area contributed by atoms with Gasteiger partial charge in [0.2, 0.25) is 5.91 Å². The van der Waals surface area contributed by atoms with Crippen LogP contribution in [0.5, 0.6) is 5.75 Å². The molecule has 1 aliphatic rings. The first kappa shape index (κ1) is 14.6. The minimum atomic E-state index is 0. The van der Waals surface area contributed by atoms with E-state index in [1.165, 1.54) is 0 Å². The van der Waals surface area contributed by atoms with Crippen molar-refractivity contribution in [2.75, 3.05) is 18.2 Å². The molecule has 1 saturated carbocycles. The van der Waals surface area contributed by atoms with Gasteiger partial charge in [-0.15, -0.1) is 12.4 Å². The van der Waals surface area contributed by atoms with Gasteiger partial charge in [0.25, 0.3) is 0 Å². The lowest BCUT2D eigenvalue weighted by molar-refractivity contribution is -0.119. The van der Waals surface area contributed by atoms with E-state index < -0.39 is 0 Å². The summed E-state index contributed by atoms with van der Waals surface area (Å²) in [4.78, 5) is 11.9. The summed E-state index contributed by atoms with van der Waals surface area (Å²) >= 11 is 0. The van der Waals surface area contributed by atoms with Crippen molar-refractivity contribution in [2.45, 2.75) is 19.8 Å². The van der Waals surface area contributed by atoms with Gasteiger partial charge in [-0.25, -0.2) is 0 Å². The van der Waals surface area contributed by atoms with E-state index in [9.17, 15) is 4.79 Å². The largest absolute Gasteiger partial charge is 0.497 e. The van der Waals surface area contributed by atoms with Gasteiger partial charge in [-0.1, -0.05) is 6.92 Å². The van der Waals surface area contributed by atoms with Gasteiger partial charge in [0.05, 0.1) is 18.5 Å². The van der Waals surface area contributed by atoms with Gasteiger partial charge < -0.3 is 15.8 Å². The summed E-state index contributed by atoms with van der Waals surface area (Å²) in [6, 6.07) is 5.25. The third kappa shape index (κ3) is 3.29. The maximum Gasteiger partial charge on any atom is 0.227 e. The van der Waals surface area contributed by atoms with Gasteiger partial charge in [-0.3, -0.25) is 4.79 Å². The number of hydrogen-bond donors (Lipinski definition) is 2. The molecule has 1 aliphatic carbocycles. The first-order valence-corrected chi connectivity index (χ1v) is 5.86. The van der Waals surface area contributed by atoms with Crippen LogP contribution in [0.3, 0.4) is 0 Å². The van der Waals surface area contributed by atoms with E-state index in [4.69, 9.17) is 10.5 Å². The van der Waals surface area contributed by atoms with E-state index in [1.807, 2.05) is 6.92 Å². The molecular formula is C13H19ClN2O2. The number of benzene rings is 1. The summed E-state index contributed by atoms with van der Waals surface area (Å²) in [6.07, 6.45) is 2.31. The number of nitrogens with two attached hydrogens (primary N) is 1. The number of hydrogen-bond acceptors (Lipinski definition) is 3. The molecule has 1 aromatic carbocycles. The molecule has 0 heterocycles. The molecule has 18 heavy (non-hydrogen) atoms. The number of anilines is 2. The van der Waals surface area contributed by atoms with Gasteiger partial charge in [-0.2, -0.15) is 0 Å².